The van der Waals surface area contributed by atoms with Crippen LogP contribution in [0.5, 0.6) is 0 Å². The molecular weight excluding hydrogens is 237 g/mol. The molecule has 0 saturated carbocycles. The van der Waals surface area contributed by atoms with E-state index < -0.39 is 0 Å². The molecular formula is C9H13BrClN. The zero-order valence-corrected chi connectivity index (χ0v) is 9.64. The molecule has 1 nitrogen and oxygen atoms in total. The summed E-state index contributed by atoms with van der Waals surface area (Å²) >= 11 is 3.49. The maximum atomic E-state index is 3.49. The lowest BCUT2D eigenvalue weighted by Gasteiger charge is -2.00. The number of halogens is 2. The van der Waals surface area contributed by atoms with Gasteiger partial charge >= 0.3 is 0 Å². The Kier molecular flexibility index (Phi) is 5.51. The first kappa shape index (κ1) is 11.9. The average Bonchev–Trinajstić information content (AvgIpc) is 1.93. The fraction of sp³-hybridized carbons (Fsp3) is 0.444. The third-order valence-electron chi connectivity index (χ3n) is 1.45. The smallest absolute Gasteiger partial charge is 0.247 e. The maximum Gasteiger partial charge on any atom is 0.247 e. The zero-order valence-electron chi connectivity index (χ0n) is 7.30. The zero-order chi connectivity index (χ0) is 8.27. The second kappa shape index (κ2) is 5.55. The van der Waals surface area contributed by atoms with E-state index in [9.17, 15) is 0 Å². The summed E-state index contributed by atoms with van der Waals surface area (Å²) in [5.74, 6) is 0.693. The summed E-state index contributed by atoms with van der Waals surface area (Å²) < 4.78 is 3.35. The van der Waals surface area contributed by atoms with E-state index in [-0.39, 0.29) is 12.4 Å². The van der Waals surface area contributed by atoms with Gasteiger partial charge in [-0.25, -0.2) is 0 Å². The molecule has 0 aromatic carbocycles. The molecule has 1 rings (SSSR count). The first-order chi connectivity index (χ1) is 5.20. The number of nitrogens with zero attached hydrogens (tertiary/aromatic N) is 1. The molecule has 0 aliphatic carbocycles. The van der Waals surface area contributed by atoms with Crippen molar-refractivity contribution >= 4 is 15.9 Å². The molecule has 0 amide bonds. The van der Waals surface area contributed by atoms with Crippen LogP contribution in [0.25, 0.3) is 0 Å². The molecule has 0 N–H and O–H groups in total. The summed E-state index contributed by atoms with van der Waals surface area (Å²) in [4.78, 5) is 0. The van der Waals surface area contributed by atoms with Gasteiger partial charge < -0.3 is 12.4 Å². The molecule has 0 atom stereocenters. The van der Waals surface area contributed by atoms with Crippen LogP contribution in [-0.4, -0.2) is 0 Å². The minimum absolute atomic E-state index is 0. The van der Waals surface area contributed by atoms with Gasteiger partial charge in [0.15, 0.2) is 12.7 Å². The molecule has 0 fully saturated rings. The molecule has 68 valence electrons. The Bertz CT molecular complexity index is 238. The van der Waals surface area contributed by atoms with Gasteiger partial charge in [0.1, 0.15) is 0 Å². The molecule has 0 unspecified atom stereocenters. The second-order valence-electron chi connectivity index (χ2n) is 3.07. The summed E-state index contributed by atoms with van der Waals surface area (Å²) in [5.41, 5.74) is 0. The molecule has 1 heterocycles. The van der Waals surface area contributed by atoms with Gasteiger partial charge in [-0.3, -0.25) is 0 Å². The van der Waals surface area contributed by atoms with Gasteiger partial charge in [-0.15, -0.1) is 0 Å². The molecule has 1 aromatic rings. The van der Waals surface area contributed by atoms with E-state index in [4.69, 9.17) is 0 Å². The normalized spacial score (nSPS) is 9.67. The van der Waals surface area contributed by atoms with Crippen LogP contribution < -0.4 is 17.0 Å². The van der Waals surface area contributed by atoms with E-state index in [0.717, 1.165) is 11.1 Å². The highest BCUT2D eigenvalue weighted by Gasteiger charge is 2.06. The monoisotopic (exact) mass is 249 g/mol. The molecule has 12 heavy (non-hydrogen) atoms. The fourth-order valence-electron chi connectivity index (χ4n) is 0.997. The SMILES string of the molecule is CC(C)C[n+]1ccccc1Br.[Cl-]. The van der Waals surface area contributed by atoms with Crippen molar-refractivity contribution in [3.8, 4) is 0 Å². The standard InChI is InChI=1S/C9H13BrN.ClH/c1-8(2)7-11-6-4-3-5-9(11)10;/h3-6,8H,7H2,1-2H3;1H/q+1;/p-1. The molecule has 0 saturated heterocycles. The summed E-state index contributed by atoms with van der Waals surface area (Å²) in [6.07, 6.45) is 2.09. The molecule has 0 aliphatic heterocycles. The van der Waals surface area contributed by atoms with Gasteiger partial charge in [-0.1, -0.05) is 13.8 Å². The predicted molar refractivity (Wildman–Crippen MR) is 49.2 cm³/mol. The second-order valence-corrected chi connectivity index (χ2v) is 3.88. The van der Waals surface area contributed by atoms with E-state index in [0.29, 0.717) is 5.92 Å². The molecule has 0 spiro atoms. The van der Waals surface area contributed by atoms with E-state index >= 15 is 0 Å². The van der Waals surface area contributed by atoms with Crippen LogP contribution in [0.3, 0.4) is 0 Å². The minimum atomic E-state index is 0. The third kappa shape index (κ3) is 3.55. The van der Waals surface area contributed by atoms with E-state index in [1.165, 1.54) is 0 Å². The summed E-state index contributed by atoms with van der Waals surface area (Å²) in [5, 5.41) is 0. The lowest BCUT2D eigenvalue weighted by Crippen LogP contribution is -3.00. The van der Waals surface area contributed by atoms with E-state index in [1.54, 1.807) is 0 Å². The van der Waals surface area contributed by atoms with Gasteiger partial charge in [0, 0.05) is 34.0 Å². The van der Waals surface area contributed by atoms with Crippen LogP contribution in [0.15, 0.2) is 29.0 Å². The summed E-state index contributed by atoms with van der Waals surface area (Å²) in [6.45, 7) is 5.50. The Morgan fingerprint density at radius 2 is 2.08 bits per heavy atom. The van der Waals surface area contributed by atoms with Crippen molar-refractivity contribution in [2.75, 3.05) is 0 Å². The molecule has 1 aromatic heterocycles. The molecule has 0 radical (unpaired) electrons. The number of hydrogen-bond donors (Lipinski definition) is 0. The fourth-order valence-corrected chi connectivity index (χ4v) is 1.41. The Balaban J connectivity index is 0.00000121. The van der Waals surface area contributed by atoms with Gasteiger partial charge in [-0.2, -0.15) is 4.57 Å². The van der Waals surface area contributed by atoms with Gasteiger partial charge in [-0.05, 0) is 6.07 Å². The van der Waals surface area contributed by atoms with Gasteiger partial charge in [0.2, 0.25) is 4.60 Å². The van der Waals surface area contributed by atoms with Crippen molar-refractivity contribution < 1.29 is 17.0 Å². The third-order valence-corrected chi connectivity index (χ3v) is 2.17. The Hall–Kier alpha value is -0.0800. The Morgan fingerprint density at radius 1 is 1.42 bits per heavy atom. The lowest BCUT2D eigenvalue weighted by molar-refractivity contribution is -0.712. The lowest BCUT2D eigenvalue weighted by atomic mass is 10.2. The van der Waals surface area contributed by atoms with Crippen molar-refractivity contribution in [1.82, 2.24) is 0 Å². The number of rotatable bonds is 2. The highest BCUT2D eigenvalue weighted by molar-refractivity contribution is 9.10. The van der Waals surface area contributed by atoms with Crippen LogP contribution in [0.1, 0.15) is 13.8 Å². The first-order valence-corrected chi connectivity index (χ1v) is 4.63. The maximum absolute atomic E-state index is 3.49. The minimum Gasteiger partial charge on any atom is -1.00 e. The topological polar surface area (TPSA) is 3.88 Å². The van der Waals surface area contributed by atoms with Crippen molar-refractivity contribution in [3.05, 3.63) is 29.0 Å². The van der Waals surface area contributed by atoms with Crippen LogP contribution in [-0.2, 0) is 6.54 Å². The van der Waals surface area contributed by atoms with E-state index in [1.807, 2.05) is 12.1 Å². The number of aromatic nitrogens is 1. The highest BCUT2D eigenvalue weighted by atomic mass is 79.9. The van der Waals surface area contributed by atoms with Crippen molar-refractivity contribution in [2.45, 2.75) is 20.4 Å². The van der Waals surface area contributed by atoms with Crippen LogP contribution >= 0.6 is 15.9 Å². The quantitative estimate of drug-likeness (QED) is 0.487. The summed E-state index contributed by atoms with van der Waals surface area (Å²) in [7, 11) is 0. The molecule has 0 aliphatic rings. The van der Waals surface area contributed by atoms with Crippen LogP contribution in [0, 0.1) is 5.92 Å². The average molecular weight is 251 g/mol. The van der Waals surface area contributed by atoms with Gasteiger partial charge in [0.05, 0.1) is 0 Å². The molecule has 0 bridgehead atoms. The first-order valence-electron chi connectivity index (χ1n) is 3.84. The predicted octanol–water partition coefficient (Wildman–Crippen LogP) is -0.603. The van der Waals surface area contributed by atoms with Crippen molar-refractivity contribution in [3.63, 3.8) is 0 Å². The molecule has 3 heteroatoms. The largest absolute Gasteiger partial charge is 1.00 e. The van der Waals surface area contributed by atoms with Crippen LogP contribution in [0.2, 0.25) is 0 Å². The highest BCUT2D eigenvalue weighted by Crippen LogP contribution is 2.02. The Labute approximate surface area is 88.3 Å². The number of pyridine rings is 1. The number of hydrogen-bond acceptors (Lipinski definition) is 0. The van der Waals surface area contributed by atoms with Crippen molar-refractivity contribution in [1.29, 1.82) is 0 Å². The van der Waals surface area contributed by atoms with Crippen LogP contribution in [0.4, 0.5) is 0 Å². The Morgan fingerprint density at radius 3 is 2.58 bits per heavy atom. The summed E-state index contributed by atoms with van der Waals surface area (Å²) in [6, 6.07) is 6.14. The van der Waals surface area contributed by atoms with E-state index in [2.05, 4.69) is 46.6 Å². The van der Waals surface area contributed by atoms with Crippen molar-refractivity contribution in [2.24, 2.45) is 5.92 Å². The van der Waals surface area contributed by atoms with Gasteiger partial charge in [0.25, 0.3) is 0 Å².